The zero-order chi connectivity index (χ0) is 16.2. The van der Waals surface area contributed by atoms with Crippen LogP contribution in [0.25, 0.3) is 10.8 Å². The smallest absolute Gasteiger partial charge is 0.145 e. The maximum Gasteiger partial charge on any atom is 0.145 e. The standard InChI is InChI=1S/C20H14N2O2/c1-7-17-18(19(9-1)23-15-5-3-11-21-13-15)8-2-10-20(17)24-16-6-4-12-22-14-16/h1-14H. The second-order valence-electron chi connectivity index (χ2n) is 5.19. The summed E-state index contributed by atoms with van der Waals surface area (Å²) in [5.74, 6) is 2.92. The molecule has 0 atom stereocenters. The molecular formula is C20H14N2O2. The van der Waals surface area contributed by atoms with E-state index in [0.717, 1.165) is 22.3 Å². The summed E-state index contributed by atoms with van der Waals surface area (Å²) in [5, 5.41) is 1.95. The van der Waals surface area contributed by atoms with Gasteiger partial charge in [-0.25, -0.2) is 0 Å². The van der Waals surface area contributed by atoms with Gasteiger partial charge in [-0.3, -0.25) is 9.97 Å². The summed E-state index contributed by atoms with van der Waals surface area (Å²) in [4.78, 5) is 8.16. The molecule has 0 radical (unpaired) electrons. The Morgan fingerprint density at radius 1 is 0.542 bits per heavy atom. The molecule has 0 spiro atoms. The van der Waals surface area contributed by atoms with Gasteiger partial charge in [-0.05, 0) is 36.4 Å². The highest BCUT2D eigenvalue weighted by molar-refractivity contribution is 5.93. The molecule has 116 valence electrons. The molecule has 4 heteroatoms. The Kier molecular flexibility index (Phi) is 3.78. The van der Waals surface area contributed by atoms with Gasteiger partial charge >= 0.3 is 0 Å². The Hall–Kier alpha value is -3.40. The average molecular weight is 314 g/mol. The summed E-state index contributed by atoms with van der Waals surface area (Å²) in [7, 11) is 0. The highest BCUT2D eigenvalue weighted by Gasteiger charge is 2.08. The molecule has 24 heavy (non-hydrogen) atoms. The van der Waals surface area contributed by atoms with Crippen LogP contribution in [0.5, 0.6) is 23.0 Å². The van der Waals surface area contributed by atoms with Crippen molar-refractivity contribution in [3.05, 3.63) is 85.5 Å². The minimum Gasteiger partial charge on any atom is -0.455 e. The van der Waals surface area contributed by atoms with Crippen LogP contribution in [-0.4, -0.2) is 9.97 Å². The zero-order valence-electron chi connectivity index (χ0n) is 12.8. The van der Waals surface area contributed by atoms with Gasteiger partial charge in [0.1, 0.15) is 23.0 Å². The van der Waals surface area contributed by atoms with E-state index in [0.29, 0.717) is 11.5 Å². The molecule has 0 N–H and O–H groups in total. The fourth-order valence-corrected chi connectivity index (χ4v) is 2.50. The van der Waals surface area contributed by atoms with Gasteiger partial charge in [0, 0.05) is 23.2 Å². The molecule has 0 aliphatic heterocycles. The van der Waals surface area contributed by atoms with E-state index in [4.69, 9.17) is 9.47 Å². The lowest BCUT2D eigenvalue weighted by Crippen LogP contribution is -1.89. The number of hydrogen-bond acceptors (Lipinski definition) is 4. The summed E-state index contributed by atoms with van der Waals surface area (Å²) in [6.45, 7) is 0. The Balaban J connectivity index is 1.74. The average Bonchev–Trinajstić information content (AvgIpc) is 2.64. The van der Waals surface area contributed by atoms with Crippen LogP contribution in [-0.2, 0) is 0 Å². The third kappa shape index (κ3) is 2.90. The first kappa shape index (κ1) is 14.2. The topological polar surface area (TPSA) is 44.2 Å². The van der Waals surface area contributed by atoms with Crippen molar-refractivity contribution in [2.75, 3.05) is 0 Å². The lowest BCUT2D eigenvalue weighted by Gasteiger charge is -2.12. The van der Waals surface area contributed by atoms with Crippen molar-refractivity contribution in [2.45, 2.75) is 0 Å². The molecule has 0 saturated carbocycles. The summed E-state index contributed by atoms with van der Waals surface area (Å²) in [6, 6.07) is 19.2. The number of nitrogens with zero attached hydrogens (tertiary/aromatic N) is 2. The number of ether oxygens (including phenoxy) is 2. The van der Waals surface area contributed by atoms with Crippen LogP contribution in [0.4, 0.5) is 0 Å². The SMILES string of the molecule is c1cncc(Oc2cccc3c(Oc4cccnc4)cccc23)c1. The van der Waals surface area contributed by atoms with Crippen molar-refractivity contribution in [3.63, 3.8) is 0 Å². The first-order valence-electron chi connectivity index (χ1n) is 7.58. The van der Waals surface area contributed by atoms with Gasteiger partial charge in [-0.15, -0.1) is 0 Å². The van der Waals surface area contributed by atoms with E-state index in [2.05, 4.69) is 9.97 Å². The molecule has 0 unspecified atom stereocenters. The van der Waals surface area contributed by atoms with E-state index in [-0.39, 0.29) is 0 Å². The monoisotopic (exact) mass is 314 g/mol. The lowest BCUT2D eigenvalue weighted by molar-refractivity contribution is 0.481. The van der Waals surface area contributed by atoms with Crippen molar-refractivity contribution < 1.29 is 9.47 Å². The minimum atomic E-state index is 0.698. The van der Waals surface area contributed by atoms with Gasteiger partial charge in [0.15, 0.2) is 0 Å². The second-order valence-corrected chi connectivity index (χ2v) is 5.19. The molecule has 4 aromatic rings. The predicted octanol–water partition coefficient (Wildman–Crippen LogP) is 5.21. The molecule has 0 aliphatic carbocycles. The molecule has 2 aromatic carbocycles. The van der Waals surface area contributed by atoms with Crippen LogP contribution in [0.3, 0.4) is 0 Å². The Labute approximate surface area is 139 Å². The number of hydrogen-bond donors (Lipinski definition) is 0. The van der Waals surface area contributed by atoms with Crippen LogP contribution in [0.1, 0.15) is 0 Å². The number of aromatic nitrogens is 2. The molecular weight excluding hydrogens is 300 g/mol. The molecule has 4 rings (SSSR count). The normalized spacial score (nSPS) is 10.5. The van der Waals surface area contributed by atoms with E-state index in [9.17, 15) is 0 Å². The van der Waals surface area contributed by atoms with Crippen molar-refractivity contribution in [1.29, 1.82) is 0 Å². The largest absolute Gasteiger partial charge is 0.455 e. The van der Waals surface area contributed by atoms with Gasteiger partial charge in [-0.1, -0.05) is 24.3 Å². The lowest BCUT2D eigenvalue weighted by atomic mass is 10.1. The van der Waals surface area contributed by atoms with Crippen LogP contribution in [0.2, 0.25) is 0 Å². The summed E-state index contributed by atoms with van der Waals surface area (Å²) >= 11 is 0. The van der Waals surface area contributed by atoms with E-state index < -0.39 is 0 Å². The number of pyridine rings is 2. The van der Waals surface area contributed by atoms with E-state index in [1.807, 2.05) is 60.7 Å². The predicted molar refractivity (Wildman–Crippen MR) is 92.6 cm³/mol. The van der Waals surface area contributed by atoms with Gasteiger partial charge in [-0.2, -0.15) is 0 Å². The number of benzene rings is 2. The van der Waals surface area contributed by atoms with Crippen molar-refractivity contribution in [2.24, 2.45) is 0 Å². The summed E-state index contributed by atoms with van der Waals surface area (Å²) in [5.41, 5.74) is 0. The van der Waals surface area contributed by atoms with Gasteiger partial charge in [0.05, 0.1) is 12.4 Å². The van der Waals surface area contributed by atoms with Crippen LogP contribution < -0.4 is 9.47 Å². The van der Waals surface area contributed by atoms with Crippen LogP contribution >= 0.6 is 0 Å². The Morgan fingerprint density at radius 3 is 1.46 bits per heavy atom. The van der Waals surface area contributed by atoms with Crippen molar-refractivity contribution in [1.82, 2.24) is 9.97 Å². The van der Waals surface area contributed by atoms with Crippen LogP contribution in [0.15, 0.2) is 85.5 Å². The molecule has 0 fully saturated rings. The molecule has 4 nitrogen and oxygen atoms in total. The molecule has 0 aliphatic rings. The third-order valence-electron chi connectivity index (χ3n) is 3.57. The summed E-state index contributed by atoms with van der Waals surface area (Å²) < 4.78 is 11.9. The molecule has 2 heterocycles. The quantitative estimate of drug-likeness (QED) is 0.518. The third-order valence-corrected chi connectivity index (χ3v) is 3.57. The first-order chi connectivity index (χ1) is 11.9. The molecule has 0 amide bonds. The molecule has 2 aromatic heterocycles. The number of fused-ring (bicyclic) bond motifs is 1. The zero-order valence-corrected chi connectivity index (χ0v) is 12.8. The molecule has 0 bridgehead atoms. The van der Waals surface area contributed by atoms with Gasteiger partial charge < -0.3 is 9.47 Å². The number of rotatable bonds is 4. The second kappa shape index (κ2) is 6.38. The minimum absolute atomic E-state index is 0.698. The Bertz CT molecular complexity index is 876. The van der Waals surface area contributed by atoms with Crippen molar-refractivity contribution >= 4 is 10.8 Å². The van der Waals surface area contributed by atoms with Crippen LogP contribution in [0, 0.1) is 0 Å². The maximum atomic E-state index is 5.97. The van der Waals surface area contributed by atoms with Crippen molar-refractivity contribution in [3.8, 4) is 23.0 Å². The Morgan fingerprint density at radius 2 is 1.04 bits per heavy atom. The van der Waals surface area contributed by atoms with Gasteiger partial charge in [0.2, 0.25) is 0 Å². The highest BCUT2D eigenvalue weighted by Crippen LogP contribution is 2.36. The van der Waals surface area contributed by atoms with E-state index in [1.165, 1.54) is 0 Å². The maximum absolute atomic E-state index is 5.97. The first-order valence-corrected chi connectivity index (χ1v) is 7.58. The summed E-state index contributed by atoms with van der Waals surface area (Å²) in [6.07, 6.45) is 6.81. The highest BCUT2D eigenvalue weighted by atomic mass is 16.5. The van der Waals surface area contributed by atoms with E-state index >= 15 is 0 Å². The fourth-order valence-electron chi connectivity index (χ4n) is 2.50. The molecule has 0 saturated heterocycles. The fraction of sp³-hybridized carbons (Fsp3) is 0. The van der Waals surface area contributed by atoms with E-state index in [1.54, 1.807) is 24.8 Å². The van der Waals surface area contributed by atoms with Gasteiger partial charge in [0.25, 0.3) is 0 Å².